The van der Waals surface area contributed by atoms with Gasteiger partial charge in [0.05, 0.1) is 96.7 Å². The van der Waals surface area contributed by atoms with E-state index >= 15 is 0 Å². The molecule has 24 heteroatoms. The second-order valence-electron chi connectivity index (χ2n) is 24.2. The summed E-state index contributed by atoms with van der Waals surface area (Å²) in [6.07, 6.45) is 20.3. The van der Waals surface area contributed by atoms with Crippen LogP contribution >= 0.6 is 92.8 Å². The van der Waals surface area contributed by atoms with Crippen molar-refractivity contribution in [2.45, 2.75) is 209 Å². The lowest BCUT2D eigenvalue weighted by Gasteiger charge is -2.19. The van der Waals surface area contributed by atoms with Gasteiger partial charge in [-0.05, 0) is 51.4 Å². The molecule has 0 amide bonds. The highest BCUT2D eigenvalue weighted by atomic mass is 35.5. The Balaban J connectivity index is 1.59. The summed E-state index contributed by atoms with van der Waals surface area (Å²) in [5.41, 5.74) is 2.19. The van der Waals surface area contributed by atoms with Crippen LogP contribution in [0.3, 0.4) is 0 Å². The van der Waals surface area contributed by atoms with Crippen LogP contribution < -0.4 is 37.9 Å². The van der Waals surface area contributed by atoms with Crippen molar-refractivity contribution in [3.8, 4) is 91.5 Å². The molecule has 96 heavy (non-hydrogen) atoms. The first-order valence-corrected chi connectivity index (χ1v) is 37.8. The topological polar surface area (TPSA) is 183 Å². The summed E-state index contributed by atoms with van der Waals surface area (Å²) in [5.74, 6) is 2.16. The Hall–Kier alpha value is -5.04. The molecule has 8 bridgehead atoms. The predicted octanol–water partition coefficient (Wildman–Crippen LogP) is 24.6. The fourth-order valence-corrected chi connectivity index (χ4v) is 13.5. The Morgan fingerprint density at radius 1 is 0.219 bits per heavy atom. The molecule has 9 rings (SSSR count). The van der Waals surface area contributed by atoms with E-state index in [4.69, 9.17) is 161 Å². The van der Waals surface area contributed by atoms with E-state index in [2.05, 4.69) is 65.4 Å². The largest absolute Gasteiger partial charge is 0.491 e. The molecule has 0 radical (unpaired) electrons. The first-order valence-electron chi connectivity index (χ1n) is 34.8. The molecule has 0 unspecified atom stereocenters. The SMILES string of the molecule is CCCCCOc1c(Cl)c(Cl)c(OCCCCC)c2c1-c1nc3nc(nc4[nH]c(nc5[nH]c(nc-2n1)c1c(OCCCCC)c(Cl)c(Cl)c(OCCCCC)c51)c1c(OCCCCC)c(Cl)c(Cl)c(OCCCCC)c41)-c1c(OCCCCC)c(Cl)c(Cl)c(OCCCCC)c1-3. The van der Waals surface area contributed by atoms with Crippen molar-refractivity contribution in [3.05, 3.63) is 40.2 Å². The van der Waals surface area contributed by atoms with Crippen LogP contribution in [0.15, 0.2) is 0 Å². The molecular formula is C72H90Cl8N8O8. The van der Waals surface area contributed by atoms with Crippen LogP contribution in [0.25, 0.3) is 89.7 Å². The normalized spacial score (nSPS) is 11.8. The Bertz CT molecular complexity index is 3770. The molecule has 2 aliphatic rings. The summed E-state index contributed by atoms with van der Waals surface area (Å²) < 4.78 is 54.5. The number of benzene rings is 4. The highest BCUT2D eigenvalue weighted by molar-refractivity contribution is 6.48. The van der Waals surface area contributed by atoms with E-state index in [9.17, 15) is 0 Å². The first-order chi connectivity index (χ1) is 46.7. The van der Waals surface area contributed by atoms with E-state index in [0.29, 0.717) is 95.2 Å². The molecular weight excluding hydrogens is 1390 g/mol. The van der Waals surface area contributed by atoms with Crippen LogP contribution in [0, 0.1) is 0 Å². The van der Waals surface area contributed by atoms with Crippen LogP contribution in [0.4, 0.5) is 0 Å². The monoisotopic (exact) mass is 1470 g/mol. The molecule has 0 fully saturated rings. The molecule has 3 aromatic heterocycles. The molecule has 16 nitrogen and oxygen atoms in total. The molecule has 5 heterocycles. The van der Waals surface area contributed by atoms with Crippen molar-refractivity contribution in [2.24, 2.45) is 0 Å². The van der Waals surface area contributed by atoms with Gasteiger partial charge in [0.25, 0.3) is 0 Å². The second-order valence-corrected chi connectivity index (χ2v) is 27.2. The minimum Gasteiger partial charge on any atom is -0.491 e. The van der Waals surface area contributed by atoms with Gasteiger partial charge in [-0.3, -0.25) is 0 Å². The molecule has 7 aromatic rings. The number of aromatic amines is 2. The summed E-state index contributed by atoms with van der Waals surface area (Å²) >= 11 is 60.2. The van der Waals surface area contributed by atoms with Crippen LogP contribution in [-0.4, -0.2) is 92.7 Å². The number of nitrogens with one attached hydrogen (secondary N) is 2. The van der Waals surface area contributed by atoms with Gasteiger partial charge in [0.15, 0.2) is 69.3 Å². The van der Waals surface area contributed by atoms with Gasteiger partial charge in [-0.1, -0.05) is 251 Å². The molecule has 0 aliphatic carbocycles. The maximum atomic E-state index is 7.53. The number of fused-ring (bicyclic) bond motifs is 20. The number of nitrogens with zero attached hydrogens (tertiary/aromatic N) is 6. The van der Waals surface area contributed by atoms with Gasteiger partial charge in [0.1, 0.15) is 62.8 Å². The van der Waals surface area contributed by atoms with E-state index in [-0.39, 0.29) is 185 Å². The maximum Gasteiger partial charge on any atom is 0.168 e. The Labute approximate surface area is 604 Å². The van der Waals surface area contributed by atoms with Crippen molar-refractivity contribution in [2.75, 3.05) is 52.9 Å². The van der Waals surface area contributed by atoms with Crippen LogP contribution in [0.1, 0.15) is 209 Å². The summed E-state index contributed by atoms with van der Waals surface area (Å²) in [6, 6.07) is 0. The van der Waals surface area contributed by atoms with Crippen molar-refractivity contribution >= 4 is 137 Å². The third-order valence-corrected chi connectivity index (χ3v) is 20.0. The number of ether oxygens (including phenoxy) is 8. The average Bonchev–Trinajstić information content (AvgIpc) is 1.55. The van der Waals surface area contributed by atoms with Crippen molar-refractivity contribution < 1.29 is 37.9 Å². The van der Waals surface area contributed by atoms with Crippen LogP contribution in [-0.2, 0) is 0 Å². The zero-order valence-corrected chi connectivity index (χ0v) is 62.6. The van der Waals surface area contributed by atoms with Gasteiger partial charge < -0.3 is 47.9 Å². The number of aromatic nitrogens is 8. The minimum atomic E-state index is 0.0807. The Kier molecular flexibility index (Phi) is 28.9. The minimum absolute atomic E-state index is 0.0807. The van der Waals surface area contributed by atoms with Gasteiger partial charge in [0.2, 0.25) is 0 Å². The maximum absolute atomic E-state index is 7.53. The Morgan fingerprint density at radius 2 is 0.385 bits per heavy atom. The average molecular weight is 1480 g/mol. The number of rotatable bonds is 40. The Morgan fingerprint density at radius 3 is 0.583 bits per heavy atom. The third kappa shape index (κ3) is 16.7. The van der Waals surface area contributed by atoms with Crippen LogP contribution in [0.5, 0.6) is 46.0 Å². The molecule has 4 aromatic carbocycles. The number of hydrogen-bond donors (Lipinski definition) is 2. The van der Waals surface area contributed by atoms with Crippen molar-refractivity contribution in [1.29, 1.82) is 0 Å². The van der Waals surface area contributed by atoms with E-state index in [1.165, 1.54) is 0 Å². The van der Waals surface area contributed by atoms with Gasteiger partial charge in [0, 0.05) is 0 Å². The quantitative estimate of drug-likeness (QED) is 0.0346. The van der Waals surface area contributed by atoms with E-state index in [1.54, 1.807) is 0 Å². The smallest absolute Gasteiger partial charge is 0.168 e. The molecule has 2 aliphatic heterocycles. The zero-order chi connectivity index (χ0) is 68.4. The standard InChI is InChI=1S/C72H90Cl8N8O8/c1-9-17-25-33-89-57-41-42(58(50(74)49(57)73)90-34-26-18-10-2)66-81-65(41)85-67-43-44(60(92-36-28-20-12-4)52(76)51(75)59(43)91-35-27-19-11-3)69(82-67)87-71-47-48(64(96-40-32-24-16-8)56(80)55(79)63(47)95-39-31-23-15-7)72(84-71)88-70-46-45(68(83-70)86-66)61(93-37-29-21-13-5)53(77)54(78)62(46)94-38-30-22-14-6/h9-40H2,1-8H3,(H2,81,82,83,84,85,86,87,88). The third-order valence-electron chi connectivity index (χ3n) is 16.7. The highest BCUT2D eigenvalue weighted by Gasteiger charge is 2.38. The molecule has 0 saturated heterocycles. The first kappa shape index (κ1) is 75.2. The van der Waals surface area contributed by atoms with Gasteiger partial charge >= 0.3 is 0 Å². The fourth-order valence-electron chi connectivity index (χ4n) is 11.6. The number of halogens is 8. The number of H-pyrrole nitrogens is 2. The lowest BCUT2D eigenvalue weighted by atomic mass is 10.0. The molecule has 0 spiro atoms. The lowest BCUT2D eigenvalue weighted by Crippen LogP contribution is -2.05. The molecule has 2 N–H and O–H groups in total. The zero-order valence-electron chi connectivity index (χ0n) is 56.6. The van der Waals surface area contributed by atoms with Gasteiger partial charge in [-0.25, -0.2) is 29.9 Å². The second kappa shape index (κ2) is 36.9. The summed E-state index contributed by atoms with van der Waals surface area (Å²) in [6.45, 7) is 19.3. The van der Waals surface area contributed by atoms with Gasteiger partial charge in [-0.2, -0.15) is 0 Å². The van der Waals surface area contributed by atoms with E-state index in [0.717, 1.165) is 103 Å². The summed E-state index contributed by atoms with van der Waals surface area (Å²) in [7, 11) is 0. The van der Waals surface area contributed by atoms with E-state index < -0.39 is 0 Å². The van der Waals surface area contributed by atoms with Crippen molar-refractivity contribution in [3.63, 3.8) is 0 Å². The fraction of sp³-hybridized carbons (Fsp3) is 0.556. The number of unbranched alkanes of at least 4 members (excludes halogenated alkanes) is 16. The van der Waals surface area contributed by atoms with Crippen molar-refractivity contribution in [1.82, 2.24) is 39.9 Å². The molecule has 0 atom stereocenters. The van der Waals surface area contributed by atoms with Gasteiger partial charge in [-0.15, -0.1) is 0 Å². The number of hydrogen-bond acceptors (Lipinski definition) is 14. The molecule has 0 saturated carbocycles. The summed E-state index contributed by atoms with van der Waals surface area (Å²) in [4.78, 5) is 40.3. The van der Waals surface area contributed by atoms with E-state index in [1.807, 2.05) is 0 Å². The summed E-state index contributed by atoms with van der Waals surface area (Å²) in [5, 5.41) is 2.38. The van der Waals surface area contributed by atoms with Crippen LogP contribution in [0.2, 0.25) is 40.2 Å². The predicted molar refractivity (Wildman–Crippen MR) is 396 cm³/mol. The lowest BCUT2D eigenvalue weighted by molar-refractivity contribution is 0.300. The molecule has 522 valence electrons. The highest BCUT2D eigenvalue weighted by Crippen LogP contribution is 2.59.